The van der Waals surface area contributed by atoms with Gasteiger partial charge in [0, 0.05) is 0 Å². The zero-order valence-electron chi connectivity index (χ0n) is 31.5. The predicted octanol–water partition coefficient (Wildman–Crippen LogP) is 10.2. The van der Waals surface area contributed by atoms with E-state index in [1.54, 1.807) is 48.5 Å². The number of hydrogen-bond donors (Lipinski definition) is 0. The summed E-state index contributed by atoms with van der Waals surface area (Å²) in [4.78, 5) is 55.3. The van der Waals surface area contributed by atoms with Gasteiger partial charge in [-0.15, -0.1) is 0 Å². The molecule has 0 aliphatic carbocycles. The summed E-state index contributed by atoms with van der Waals surface area (Å²) < 4.78 is 23.6. The van der Waals surface area contributed by atoms with Gasteiger partial charge in [0.15, 0.2) is 0 Å². The van der Waals surface area contributed by atoms with E-state index in [9.17, 15) is 19.2 Å². The Bertz CT molecular complexity index is 1500. The fraction of sp³-hybridized carbons (Fsp3) is 0.364. The molecule has 0 N–H and O–H groups in total. The molecule has 0 spiro atoms. The van der Waals surface area contributed by atoms with Crippen molar-refractivity contribution in [2.75, 3.05) is 0 Å². The maximum absolute atomic E-state index is 13.8. The van der Waals surface area contributed by atoms with Gasteiger partial charge in [0.25, 0.3) is 0 Å². The summed E-state index contributed by atoms with van der Waals surface area (Å²) in [5, 5.41) is 0. The first-order valence-electron chi connectivity index (χ1n) is 19.0. The third kappa shape index (κ3) is 12.9. The molecule has 0 aromatic heterocycles. The van der Waals surface area contributed by atoms with Gasteiger partial charge in [-0.1, -0.05) is 0 Å². The second-order valence-electron chi connectivity index (χ2n) is 13.3. The van der Waals surface area contributed by atoms with E-state index >= 15 is 0 Å². The Balaban J connectivity index is 1.73. The summed E-state index contributed by atoms with van der Waals surface area (Å²) in [6, 6.07) is 27.2. The van der Waals surface area contributed by atoms with Crippen LogP contribution < -0.4 is 0 Å². The van der Waals surface area contributed by atoms with E-state index in [-0.39, 0.29) is 22.3 Å². The zero-order valence-corrected chi connectivity index (χ0v) is 34.3. The van der Waals surface area contributed by atoms with E-state index in [2.05, 4.69) is 27.7 Å². The quantitative estimate of drug-likeness (QED) is 0.0812. The van der Waals surface area contributed by atoms with Crippen molar-refractivity contribution in [3.05, 3.63) is 142 Å². The summed E-state index contributed by atoms with van der Waals surface area (Å²) in [5.41, 5.74) is 4.63. The van der Waals surface area contributed by atoms with Gasteiger partial charge < -0.3 is 0 Å². The number of aryl methyl sites for hydroxylation is 4. The van der Waals surface area contributed by atoms with E-state index < -0.39 is 43.9 Å². The Morgan fingerprint density at radius 1 is 0.358 bits per heavy atom. The molecule has 0 bridgehead atoms. The van der Waals surface area contributed by atoms with Crippen LogP contribution in [0.3, 0.4) is 0 Å². The molecular formula is C44H52O8Sn. The summed E-state index contributed by atoms with van der Waals surface area (Å²) >= 11 is -6.38. The molecule has 0 heterocycles. The number of carbonyl (C=O) groups is 4. The number of unbranched alkanes of at least 4 members (excludes halogenated alkanes) is 4. The molecule has 0 saturated heterocycles. The molecule has 280 valence electrons. The van der Waals surface area contributed by atoms with Gasteiger partial charge in [-0.2, -0.15) is 0 Å². The maximum atomic E-state index is 13.8. The molecule has 9 heteroatoms. The van der Waals surface area contributed by atoms with Gasteiger partial charge in [-0.25, -0.2) is 0 Å². The fourth-order valence-electron chi connectivity index (χ4n) is 5.57. The Kier molecular flexibility index (Phi) is 16.6. The monoisotopic (exact) mass is 828 g/mol. The molecule has 8 nitrogen and oxygen atoms in total. The summed E-state index contributed by atoms with van der Waals surface area (Å²) in [6.45, 7) is 8.41. The van der Waals surface area contributed by atoms with Crippen LogP contribution in [0.4, 0.5) is 0 Å². The van der Waals surface area contributed by atoms with Crippen LogP contribution >= 0.6 is 0 Å². The van der Waals surface area contributed by atoms with E-state index in [1.807, 2.05) is 48.5 Å². The molecule has 0 amide bonds. The van der Waals surface area contributed by atoms with E-state index in [1.165, 1.54) is 0 Å². The Morgan fingerprint density at radius 2 is 0.547 bits per heavy atom. The molecule has 0 unspecified atom stereocenters. The topological polar surface area (TPSA) is 105 Å². The van der Waals surface area contributed by atoms with Crippen molar-refractivity contribution < 1.29 is 31.5 Å². The molecule has 53 heavy (non-hydrogen) atoms. The van der Waals surface area contributed by atoms with Crippen molar-refractivity contribution in [3.63, 3.8) is 0 Å². The minimum absolute atomic E-state index is 0.121. The van der Waals surface area contributed by atoms with Gasteiger partial charge in [0.05, 0.1) is 0 Å². The molecule has 0 aliphatic heterocycles. The average Bonchev–Trinajstić information content (AvgIpc) is 3.18. The molecule has 4 aromatic carbocycles. The Morgan fingerprint density at radius 3 is 0.717 bits per heavy atom. The SMILES string of the molecule is CCCCc1ccc(C(=O)[O][Sn]([O]C(=O)c2ccc(CCCC)cc2)([O]C(=O)c2ccc(CCCC)cc2)[O]C(=O)c2ccc(CCCC)cc2)cc1. The average molecular weight is 828 g/mol. The van der Waals surface area contributed by atoms with Gasteiger partial charge in [0.2, 0.25) is 0 Å². The molecule has 0 fully saturated rings. The van der Waals surface area contributed by atoms with Gasteiger partial charge in [0.1, 0.15) is 0 Å². The van der Waals surface area contributed by atoms with Crippen LogP contribution in [0.1, 0.15) is 143 Å². The minimum atomic E-state index is -6.38. The van der Waals surface area contributed by atoms with Crippen molar-refractivity contribution >= 4 is 43.9 Å². The number of hydrogen-bond acceptors (Lipinski definition) is 8. The second kappa shape index (κ2) is 21.3. The molecule has 0 atom stereocenters. The van der Waals surface area contributed by atoms with Gasteiger partial charge in [-0.3, -0.25) is 0 Å². The van der Waals surface area contributed by atoms with Crippen LogP contribution in [0.25, 0.3) is 0 Å². The van der Waals surface area contributed by atoms with Crippen LogP contribution in [0, 0.1) is 0 Å². The number of benzene rings is 4. The third-order valence-corrected chi connectivity index (χ3v) is 13.9. The summed E-state index contributed by atoms with van der Waals surface area (Å²) in [5.74, 6) is -3.79. The van der Waals surface area contributed by atoms with E-state index in [0.717, 1.165) is 99.3 Å². The van der Waals surface area contributed by atoms with Crippen LogP contribution in [-0.4, -0.2) is 43.9 Å². The van der Waals surface area contributed by atoms with Crippen LogP contribution in [0.2, 0.25) is 0 Å². The standard InChI is InChI=1S/4C11H14O2.Sn/c4*1-2-3-4-9-5-7-10(8-6-9)11(12)13;/h4*5-8H,2-4H2,1H3,(H,12,13);/q;;;;+4/p-4. The molecule has 4 aromatic rings. The van der Waals surface area contributed by atoms with Crippen LogP contribution in [0.5, 0.6) is 0 Å². The van der Waals surface area contributed by atoms with Gasteiger partial charge in [-0.05, 0) is 0 Å². The zero-order chi connectivity index (χ0) is 38.1. The Labute approximate surface area is 320 Å². The van der Waals surface area contributed by atoms with Crippen molar-refractivity contribution in [2.45, 2.75) is 105 Å². The number of carbonyl (C=O) groups excluding carboxylic acids is 4. The molecule has 0 saturated carbocycles. The molecule has 0 aliphatic rings. The Hall–Kier alpha value is -4.44. The summed E-state index contributed by atoms with van der Waals surface area (Å²) in [6.07, 6.45) is 11.4. The van der Waals surface area contributed by atoms with Crippen LogP contribution in [0.15, 0.2) is 97.1 Å². The first-order valence-corrected chi connectivity index (χ1v) is 23.6. The van der Waals surface area contributed by atoms with Crippen molar-refractivity contribution in [2.24, 2.45) is 0 Å². The van der Waals surface area contributed by atoms with Crippen molar-refractivity contribution in [3.8, 4) is 0 Å². The van der Waals surface area contributed by atoms with Crippen LogP contribution in [-0.2, 0) is 38.0 Å². The van der Waals surface area contributed by atoms with E-state index in [0.29, 0.717) is 0 Å². The van der Waals surface area contributed by atoms with Crippen molar-refractivity contribution in [1.29, 1.82) is 0 Å². The second-order valence-corrected chi connectivity index (χ2v) is 18.4. The molecule has 4 rings (SSSR count). The first kappa shape index (κ1) is 41.3. The fourth-order valence-corrected chi connectivity index (χ4v) is 10.2. The molecular weight excluding hydrogens is 775 g/mol. The predicted molar refractivity (Wildman–Crippen MR) is 208 cm³/mol. The van der Waals surface area contributed by atoms with Crippen molar-refractivity contribution in [1.82, 2.24) is 0 Å². The summed E-state index contributed by atoms with van der Waals surface area (Å²) in [7, 11) is 0. The molecule has 0 radical (unpaired) electrons. The van der Waals surface area contributed by atoms with Gasteiger partial charge >= 0.3 is 322 Å². The number of rotatable bonds is 20. The normalized spacial score (nSPS) is 11.1. The van der Waals surface area contributed by atoms with E-state index in [4.69, 9.17) is 12.3 Å². The first-order chi connectivity index (χ1) is 25.7. The third-order valence-electron chi connectivity index (χ3n) is 8.91.